The van der Waals surface area contributed by atoms with Gasteiger partial charge < -0.3 is 14.5 Å². The summed E-state index contributed by atoms with van der Waals surface area (Å²) in [6.07, 6.45) is 0.774. The number of rotatable bonds is 6. The van der Waals surface area contributed by atoms with Crippen LogP contribution < -0.4 is 5.32 Å². The molecule has 174 valence electrons. The molecular formula is C24H26N2O6S. The van der Waals surface area contributed by atoms with Gasteiger partial charge in [-0.15, -0.1) is 0 Å². The van der Waals surface area contributed by atoms with Gasteiger partial charge in [0.1, 0.15) is 11.3 Å². The molecule has 1 N–H and O–H groups in total. The van der Waals surface area contributed by atoms with Crippen molar-refractivity contribution in [1.29, 1.82) is 0 Å². The van der Waals surface area contributed by atoms with Gasteiger partial charge >= 0.3 is 5.97 Å². The molecule has 1 saturated heterocycles. The molecule has 1 atom stereocenters. The molecular weight excluding hydrogens is 444 g/mol. The van der Waals surface area contributed by atoms with Crippen LogP contribution in [0.15, 0.2) is 63.9 Å². The third kappa shape index (κ3) is 4.65. The summed E-state index contributed by atoms with van der Waals surface area (Å²) in [4.78, 5) is 24.8. The number of ether oxygens (including phenoxy) is 1. The Morgan fingerprint density at radius 1 is 1.09 bits per heavy atom. The zero-order chi connectivity index (χ0) is 23.6. The zero-order valence-corrected chi connectivity index (χ0v) is 19.3. The fraction of sp³-hybridized carbons (Fsp3) is 0.333. The van der Waals surface area contributed by atoms with E-state index in [1.165, 1.54) is 23.5 Å². The lowest BCUT2D eigenvalue weighted by molar-refractivity contribution is -0.126. The van der Waals surface area contributed by atoms with Crippen molar-refractivity contribution in [1.82, 2.24) is 9.62 Å². The average Bonchev–Trinajstić information content (AvgIpc) is 3.28. The second-order valence-electron chi connectivity index (χ2n) is 8.08. The summed E-state index contributed by atoms with van der Waals surface area (Å²) in [6.45, 7) is 2.24. The summed E-state index contributed by atoms with van der Waals surface area (Å²) in [5, 5.41) is 3.95. The number of sulfonamides is 1. The molecule has 3 aromatic rings. The van der Waals surface area contributed by atoms with Crippen LogP contribution in [0, 0.1) is 5.92 Å². The van der Waals surface area contributed by atoms with Crippen LogP contribution in [0.1, 0.15) is 41.9 Å². The van der Waals surface area contributed by atoms with Crippen LogP contribution >= 0.6 is 0 Å². The Kier molecular flexibility index (Phi) is 6.53. The van der Waals surface area contributed by atoms with Crippen molar-refractivity contribution < 1.29 is 27.2 Å². The minimum absolute atomic E-state index is 0.000439. The number of hydrogen-bond donors (Lipinski definition) is 1. The highest BCUT2D eigenvalue weighted by atomic mass is 32.2. The maximum Gasteiger partial charge on any atom is 0.339 e. The third-order valence-corrected chi connectivity index (χ3v) is 7.92. The Balaban J connectivity index is 1.40. The number of benzene rings is 2. The molecule has 1 fully saturated rings. The Morgan fingerprint density at radius 2 is 1.76 bits per heavy atom. The maximum absolute atomic E-state index is 13.2. The highest BCUT2D eigenvalue weighted by Crippen LogP contribution is 2.28. The van der Waals surface area contributed by atoms with Crippen molar-refractivity contribution in [3.63, 3.8) is 0 Å². The van der Waals surface area contributed by atoms with E-state index in [2.05, 4.69) is 5.32 Å². The summed E-state index contributed by atoms with van der Waals surface area (Å²) >= 11 is 0. The average molecular weight is 471 g/mol. The lowest BCUT2D eigenvalue weighted by atomic mass is 9.97. The van der Waals surface area contributed by atoms with Crippen molar-refractivity contribution >= 4 is 32.9 Å². The molecule has 0 bridgehead atoms. The lowest BCUT2D eigenvalue weighted by Crippen LogP contribution is -2.43. The number of carbonyl (C=O) groups excluding carboxylic acids is 2. The van der Waals surface area contributed by atoms with E-state index in [0.29, 0.717) is 18.6 Å². The number of furan rings is 1. The fourth-order valence-corrected chi connectivity index (χ4v) is 5.74. The van der Waals surface area contributed by atoms with Crippen LogP contribution in [-0.2, 0) is 19.6 Å². The molecule has 0 unspecified atom stereocenters. The smallest absolute Gasteiger partial charge is 0.339 e. The number of piperidine rings is 1. The minimum atomic E-state index is -3.89. The number of amides is 1. The molecule has 1 aliphatic heterocycles. The molecule has 9 heteroatoms. The van der Waals surface area contributed by atoms with Gasteiger partial charge in [-0.25, -0.2) is 13.2 Å². The highest BCUT2D eigenvalue weighted by Gasteiger charge is 2.34. The predicted molar refractivity (Wildman–Crippen MR) is 122 cm³/mol. The first-order valence-electron chi connectivity index (χ1n) is 10.8. The van der Waals surface area contributed by atoms with Gasteiger partial charge in [-0.05, 0) is 44.0 Å². The van der Waals surface area contributed by atoms with Gasteiger partial charge in [0.15, 0.2) is 0 Å². The van der Waals surface area contributed by atoms with Crippen LogP contribution in [0.4, 0.5) is 0 Å². The zero-order valence-electron chi connectivity index (χ0n) is 18.5. The van der Waals surface area contributed by atoms with Crippen molar-refractivity contribution in [2.45, 2.75) is 30.7 Å². The number of methoxy groups -OCH3 is 1. The van der Waals surface area contributed by atoms with Crippen molar-refractivity contribution in [2.24, 2.45) is 5.92 Å². The van der Waals surface area contributed by atoms with Crippen LogP contribution in [0.25, 0.3) is 11.0 Å². The van der Waals surface area contributed by atoms with Gasteiger partial charge in [-0.2, -0.15) is 4.31 Å². The molecule has 2 aromatic carbocycles. The molecule has 0 saturated carbocycles. The summed E-state index contributed by atoms with van der Waals surface area (Å²) in [5.74, 6) is -0.471. The first-order chi connectivity index (χ1) is 15.8. The van der Waals surface area contributed by atoms with E-state index in [1.54, 1.807) is 12.1 Å². The minimum Gasteiger partial charge on any atom is -0.465 e. The van der Waals surface area contributed by atoms with Gasteiger partial charge in [-0.1, -0.05) is 30.3 Å². The molecule has 8 nitrogen and oxygen atoms in total. The Morgan fingerprint density at radius 3 is 2.45 bits per heavy atom. The molecule has 33 heavy (non-hydrogen) atoms. The topological polar surface area (TPSA) is 106 Å². The Bertz CT molecular complexity index is 1240. The standard InChI is InChI=1S/C24H26N2O6S/c1-16(21-15-18-7-3-5-9-20(18)32-21)25-23(27)17-11-13-26(14-12-17)33(29,30)22-10-6-4-8-19(22)24(28)31-2/h3-10,15-17H,11-14H2,1-2H3,(H,25,27)/t16-/m0/s1. The second-order valence-corrected chi connectivity index (χ2v) is 9.99. The summed E-state index contributed by atoms with van der Waals surface area (Å²) in [6, 6.07) is 15.2. The molecule has 0 spiro atoms. The van der Waals surface area contributed by atoms with Crippen LogP contribution in [0.3, 0.4) is 0 Å². The maximum atomic E-state index is 13.2. The van der Waals surface area contributed by atoms with E-state index in [4.69, 9.17) is 9.15 Å². The van der Waals surface area contributed by atoms with Crippen LogP contribution in [-0.4, -0.2) is 44.8 Å². The van der Waals surface area contributed by atoms with E-state index >= 15 is 0 Å². The number of fused-ring (bicyclic) bond motifs is 1. The van der Waals surface area contributed by atoms with Crippen LogP contribution in [0.5, 0.6) is 0 Å². The second kappa shape index (κ2) is 9.36. The van der Waals surface area contributed by atoms with Crippen molar-refractivity contribution in [2.75, 3.05) is 20.2 Å². The third-order valence-electron chi connectivity index (χ3n) is 5.97. The molecule has 0 aliphatic carbocycles. The largest absolute Gasteiger partial charge is 0.465 e. The summed E-state index contributed by atoms with van der Waals surface area (Å²) in [5.41, 5.74) is 0.763. The predicted octanol–water partition coefficient (Wildman–Crippen LogP) is 3.50. The number of esters is 1. The normalized spacial score (nSPS) is 16.4. The van der Waals surface area contributed by atoms with Crippen molar-refractivity contribution in [3.8, 4) is 0 Å². The molecule has 1 amide bonds. The molecule has 2 heterocycles. The fourth-order valence-electron chi connectivity index (χ4n) is 4.09. The van der Waals surface area contributed by atoms with E-state index < -0.39 is 16.0 Å². The lowest BCUT2D eigenvalue weighted by Gasteiger charge is -2.31. The first-order valence-corrected chi connectivity index (χ1v) is 12.2. The number of nitrogens with one attached hydrogen (secondary N) is 1. The summed E-state index contributed by atoms with van der Waals surface area (Å²) < 4.78 is 38.2. The first kappa shape index (κ1) is 23.0. The van der Waals surface area contributed by atoms with E-state index in [0.717, 1.165) is 11.0 Å². The Hall–Kier alpha value is -3.17. The quantitative estimate of drug-likeness (QED) is 0.553. The van der Waals surface area contributed by atoms with Crippen LogP contribution in [0.2, 0.25) is 0 Å². The SMILES string of the molecule is COC(=O)c1ccccc1S(=O)(=O)N1CCC(C(=O)N[C@@H](C)c2cc3ccccc3o2)CC1. The van der Waals surface area contributed by atoms with E-state index in [1.807, 2.05) is 37.3 Å². The van der Waals surface area contributed by atoms with Gasteiger partial charge in [0.25, 0.3) is 0 Å². The molecule has 0 radical (unpaired) electrons. The van der Waals surface area contributed by atoms with Gasteiger partial charge in [0, 0.05) is 24.4 Å². The Labute approximate surface area is 192 Å². The number of carbonyl (C=O) groups is 2. The molecule has 1 aliphatic rings. The molecule has 1 aromatic heterocycles. The number of hydrogen-bond acceptors (Lipinski definition) is 6. The molecule has 4 rings (SSSR count). The summed E-state index contributed by atoms with van der Waals surface area (Å²) in [7, 11) is -2.68. The monoisotopic (exact) mass is 470 g/mol. The number of para-hydroxylation sites is 1. The van der Waals surface area contributed by atoms with Crippen molar-refractivity contribution in [3.05, 3.63) is 65.9 Å². The highest BCUT2D eigenvalue weighted by molar-refractivity contribution is 7.89. The van der Waals surface area contributed by atoms with Gasteiger partial charge in [0.2, 0.25) is 15.9 Å². The van der Waals surface area contributed by atoms with E-state index in [-0.39, 0.29) is 41.4 Å². The van der Waals surface area contributed by atoms with Gasteiger partial charge in [-0.3, -0.25) is 4.79 Å². The van der Waals surface area contributed by atoms with Gasteiger partial charge in [0.05, 0.1) is 23.6 Å². The van der Waals surface area contributed by atoms with E-state index in [9.17, 15) is 18.0 Å². The number of nitrogens with zero attached hydrogens (tertiary/aromatic N) is 1.